The van der Waals surface area contributed by atoms with Crippen LogP contribution >= 0.6 is 0 Å². The van der Waals surface area contributed by atoms with Crippen molar-refractivity contribution < 1.29 is 18.3 Å². The highest BCUT2D eigenvalue weighted by Crippen LogP contribution is 2.39. The molecule has 2 atom stereocenters. The van der Waals surface area contributed by atoms with Gasteiger partial charge in [0.25, 0.3) is 0 Å². The fourth-order valence-corrected chi connectivity index (χ4v) is 3.64. The highest BCUT2D eigenvalue weighted by atomic mass is 19.4. The second-order valence-corrected chi connectivity index (χ2v) is 6.25. The van der Waals surface area contributed by atoms with E-state index in [0.717, 1.165) is 31.6 Å². The molecule has 1 aromatic carbocycles. The summed E-state index contributed by atoms with van der Waals surface area (Å²) >= 11 is 0. The van der Waals surface area contributed by atoms with Gasteiger partial charge in [-0.05, 0) is 49.9 Å². The molecule has 0 aliphatic carbocycles. The maximum absolute atomic E-state index is 12.6. The maximum Gasteiger partial charge on any atom is 0.416 e. The van der Waals surface area contributed by atoms with Gasteiger partial charge in [-0.15, -0.1) is 0 Å². The first kappa shape index (κ1) is 14.9. The van der Waals surface area contributed by atoms with Gasteiger partial charge in [-0.2, -0.15) is 13.2 Å². The summed E-state index contributed by atoms with van der Waals surface area (Å²) in [7, 11) is 0. The SMILES string of the molecule is O[C@]1(c2ccc(C(F)(F)F)cc2)CCN2CCCCC2C1. The van der Waals surface area contributed by atoms with E-state index >= 15 is 0 Å². The highest BCUT2D eigenvalue weighted by molar-refractivity contribution is 5.29. The predicted octanol–water partition coefficient (Wildman–Crippen LogP) is 3.54. The van der Waals surface area contributed by atoms with Crippen molar-refractivity contribution in [2.75, 3.05) is 13.1 Å². The standard InChI is InChI=1S/C16H20F3NO/c17-16(18,19)13-6-4-12(5-7-13)15(21)8-10-20-9-2-1-3-14(20)11-15/h4-7,14,21H,1-3,8-11H2/t14?,15-/m1/s1. The van der Waals surface area contributed by atoms with Crippen molar-refractivity contribution in [3.63, 3.8) is 0 Å². The predicted molar refractivity (Wildman–Crippen MR) is 73.8 cm³/mol. The molecule has 1 N–H and O–H groups in total. The van der Waals surface area contributed by atoms with E-state index in [2.05, 4.69) is 4.90 Å². The maximum atomic E-state index is 12.6. The summed E-state index contributed by atoms with van der Waals surface area (Å²) in [5.74, 6) is 0. The topological polar surface area (TPSA) is 23.5 Å². The second kappa shape index (κ2) is 5.29. The van der Waals surface area contributed by atoms with Crippen LogP contribution in [-0.2, 0) is 11.8 Å². The molecule has 0 amide bonds. The van der Waals surface area contributed by atoms with E-state index in [-0.39, 0.29) is 0 Å². The van der Waals surface area contributed by atoms with Crippen LogP contribution in [0.1, 0.15) is 43.2 Å². The van der Waals surface area contributed by atoms with E-state index in [1.54, 1.807) is 0 Å². The number of piperidine rings is 2. The molecule has 5 heteroatoms. The van der Waals surface area contributed by atoms with Gasteiger partial charge in [0, 0.05) is 12.6 Å². The third-order valence-electron chi connectivity index (χ3n) is 4.88. The normalized spacial score (nSPS) is 31.0. The Hall–Kier alpha value is -1.07. The number of rotatable bonds is 1. The molecule has 2 saturated heterocycles. The Kier molecular flexibility index (Phi) is 3.74. The number of aliphatic hydroxyl groups is 1. The van der Waals surface area contributed by atoms with E-state index in [9.17, 15) is 18.3 Å². The summed E-state index contributed by atoms with van der Waals surface area (Å²) in [6, 6.07) is 5.36. The minimum atomic E-state index is -4.33. The average Bonchev–Trinajstić information content (AvgIpc) is 2.46. The highest BCUT2D eigenvalue weighted by Gasteiger charge is 2.40. The Morgan fingerprint density at radius 2 is 1.81 bits per heavy atom. The number of halogens is 3. The molecule has 3 rings (SSSR count). The smallest absolute Gasteiger partial charge is 0.385 e. The molecule has 0 bridgehead atoms. The van der Waals surface area contributed by atoms with Crippen LogP contribution in [0.5, 0.6) is 0 Å². The molecule has 0 aromatic heterocycles. The van der Waals surface area contributed by atoms with Crippen molar-refractivity contribution in [1.29, 1.82) is 0 Å². The van der Waals surface area contributed by atoms with E-state index in [4.69, 9.17) is 0 Å². The van der Waals surface area contributed by atoms with E-state index in [0.29, 0.717) is 24.4 Å². The van der Waals surface area contributed by atoms with Crippen LogP contribution < -0.4 is 0 Å². The quantitative estimate of drug-likeness (QED) is 0.857. The molecule has 21 heavy (non-hydrogen) atoms. The zero-order valence-electron chi connectivity index (χ0n) is 11.9. The monoisotopic (exact) mass is 299 g/mol. The molecule has 0 spiro atoms. The zero-order valence-corrected chi connectivity index (χ0v) is 11.9. The van der Waals surface area contributed by atoms with Gasteiger partial charge >= 0.3 is 6.18 Å². The summed E-state index contributed by atoms with van der Waals surface area (Å²) < 4.78 is 37.8. The largest absolute Gasteiger partial charge is 0.416 e. The number of alkyl halides is 3. The fourth-order valence-electron chi connectivity index (χ4n) is 3.64. The Morgan fingerprint density at radius 1 is 1.10 bits per heavy atom. The molecule has 0 saturated carbocycles. The lowest BCUT2D eigenvalue weighted by atomic mass is 9.78. The van der Waals surface area contributed by atoms with Crippen LogP contribution in [0, 0.1) is 0 Å². The number of hydrogen-bond donors (Lipinski definition) is 1. The first-order valence-corrected chi connectivity index (χ1v) is 7.53. The lowest BCUT2D eigenvalue weighted by molar-refractivity contribution is -0.137. The first-order chi connectivity index (χ1) is 9.88. The number of hydrogen-bond acceptors (Lipinski definition) is 2. The molecule has 1 unspecified atom stereocenters. The van der Waals surface area contributed by atoms with Crippen LogP contribution in [0.4, 0.5) is 13.2 Å². The van der Waals surface area contributed by atoms with Crippen molar-refractivity contribution in [3.8, 4) is 0 Å². The average molecular weight is 299 g/mol. The van der Waals surface area contributed by atoms with Gasteiger partial charge in [0.05, 0.1) is 11.2 Å². The van der Waals surface area contributed by atoms with Crippen LogP contribution in [0.25, 0.3) is 0 Å². The summed E-state index contributed by atoms with van der Waals surface area (Å²) in [5, 5.41) is 10.9. The molecule has 1 aromatic rings. The van der Waals surface area contributed by atoms with Crippen molar-refractivity contribution >= 4 is 0 Å². The van der Waals surface area contributed by atoms with E-state index in [1.807, 2.05) is 0 Å². The van der Waals surface area contributed by atoms with Crippen LogP contribution in [0.2, 0.25) is 0 Å². The molecule has 0 radical (unpaired) electrons. The molecule has 2 aliphatic rings. The van der Waals surface area contributed by atoms with Crippen LogP contribution in [-0.4, -0.2) is 29.1 Å². The summed E-state index contributed by atoms with van der Waals surface area (Å²) in [6.45, 7) is 1.90. The molecular weight excluding hydrogens is 279 g/mol. The van der Waals surface area contributed by atoms with Gasteiger partial charge in [0.15, 0.2) is 0 Å². The molecule has 116 valence electrons. The van der Waals surface area contributed by atoms with Crippen molar-refractivity contribution in [2.24, 2.45) is 0 Å². The Morgan fingerprint density at radius 3 is 2.48 bits per heavy atom. The molecule has 2 aliphatic heterocycles. The van der Waals surface area contributed by atoms with Gasteiger partial charge in [-0.25, -0.2) is 0 Å². The Balaban J connectivity index is 1.79. The number of fused-ring (bicyclic) bond motifs is 1. The van der Waals surface area contributed by atoms with Crippen LogP contribution in [0.15, 0.2) is 24.3 Å². The van der Waals surface area contributed by atoms with E-state index in [1.165, 1.54) is 25.0 Å². The third kappa shape index (κ3) is 2.94. The molecule has 2 nitrogen and oxygen atoms in total. The van der Waals surface area contributed by atoms with E-state index < -0.39 is 17.3 Å². The summed E-state index contributed by atoms with van der Waals surface area (Å²) in [6.07, 6.45) is 0.337. The minimum absolute atomic E-state index is 0.361. The Labute approximate surface area is 122 Å². The third-order valence-corrected chi connectivity index (χ3v) is 4.88. The first-order valence-electron chi connectivity index (χ1n) is 7.53. The minimum Gasteiger partial charge on any atom is -0.385 e. The van der Waals surface area contributed by atoms with Gasteiger partial charge in [0.2, 0.25) is 0 Å². The van der Waals surface area contributed by atoms with Gasteiger partial charge in [-0.1, -0.05) is 18.6 Å². The lowest BCUT2D eigenvalue weighted by Crippen LogP contribution is -2.50. The molecule has 2 fully saturated rings. The molecular formula is C16H20F3NO. The zero-order chi connectivity index (χ0) is 15.1. The van der Waals surface area contributed by atoms with Crippen LogP contribution in [0.3, 0.4) is 0 Å². The van der Waals surface area contributed by atoms with Gasteiger partial charge < -0.3 is 10.0 Å². The fraction of sp³-hybridized carbons (Fsp3) is 0.625. The summed E-state index contributed by atoms with van der Waals surface area (Å²) in [5.41, 5.74) is -1.03. The van der Waals surface area contributed by atoms with Crippen molar-refractivity contribution in [1.82, 2.24) is 4.90 Å². The number of benzene rings is 1. The lowest BCUT2D eigenvalue weighted by Gasteiger charge is -2.46. The molecule has 2 heterocycles. The second-order valence-electron chi connectivity index (χ2n) is 6.25. The van der Waals surface area contributed by atoms with Crippen molar-refractivity contribution in [2.45, 2.75) is 49.9 Å². The number of nitrogens with zero attached hydrogens (tertiary/aromatic N) is 1. The van der Waals surface area contributed by atoms with Gasteiger partial charge in [-0.3, -0.25) is 0 Å². The Bertz CT molecular complexity index is 499. The van der Waals surface area contributed by atoms with Gasteiger partial charge in [0.1, 0.15) is 0 Å². The summed E-state index contributed by atoms with van der Waals surface area (Å²) in [4.78, 5) is 2.40. The van der Waals surface area contributed by atoms with Crippen molar-refractivity contribution in [3.05, 3.63) is 35.4 Å².